The molecule has 0 heterocycles. The van der Waals surface area contributed by atoms with Crippen molar-refractivity contribution in [2.75, 3.05) is 13.7 Å². The van der Waals surface area contributed by atoms with E-state index in [9.17, 15) is 13.2 Å². The van der Waals surface area contributed by atoms with E-state index in [1.165, 1.54) is 19.2 Å². The Morgan fingerprint density at radius 3 is 1.97 bits per heavy atom. The molecule has 0 unspecified atom stereocenters. The van der Waals surface area contributed by atoms with E-state index in [0.717, 1.165) is 16.9 Å². The topological polar surface area (TPSA) is 93.7 Å². The molecule has 1 amide bonds. The quantitative estimate of drug-likeness (QED) is 0.532. The fourth-order valence-electron chi connectivity index (χ4n) is 2.65. The molecule has 7 nitrogen and oxygen atoms in total. The number of nitrogens with one attached hydrogen (secondary N) is 2. The number of ether oxygens (including phenoxy) is 2. The van der Waals surface area contributed by atoms with Gasteiger partial charge in [-0.1, -0.05) is 29.8 Å². The van der Waals surface area contributed by atoms with Crippen LogP contribution in [0.2, 0.25) is 0 Å². The lowest BCUT2D eigenvalue weighted by molar-refractivity contribution is -0.123. The molecule has 0 saturated heterocycles. The van der Waals surface area contributed by atoms with Crippen LogP contribution in [0.3, 0.4) is 0 Å². The Labute approximate surface area is 182 Å². The number of carbonyl (C=O) groups excluding carboxylic acids is 1. The van der Waals surface area contributed by atoms with E-state index < -0.39 is 10.0 Å². The summed E-state index contributed by atoms with van der Waals surface area (Å²) in [5.41, 5.74) is 1.94. The van der Waals surface area contributed by atoms with Gasteiger partial charge in [-0.2, -0.15) is 0 Å². The van der Waals surface area contributed by atoms with Gasteiger partial charge < -0.3 is 14.8 Å². The predicted molar refractivity (Wildman–Crippen MR) is 118 cm³/mol. The molecule has 0 saturated carbocycles. The van der Waals surface area contributed by atoms with E-state index >= 15 is 0 Å². The summed E-state index contributed by atoms with van der Waals surface area (Å²) < 4.78 is 37.0. The molecule has 3 aromatic carbocycles. The second-order valence-corrected chi connectivity index (χ2v) is 8.69. The summed E-state index contributed by atoms with van der Waals surface area (Å²) in [5, 5.41) is 2.74. The fraction of sp³-hybridized carbons (Fsp3) is 0.174. The summed E-state index contributed by atoms with van der Waals surface area (Å²) >= 11 is 0. The number of benzene rings is 3. The Bertz CT molecular complexity index is 1110. The van der Waals surface area contributed by atoms with Gasteiger partial charge in [0.2, 0.25) is 10.0 Å². The van der Waals surface area contributed by atoms with Gasteiger partial charge in [-0.25, -0.2) is 13.1 Å². The summed E-state index contributed by atoms with van der Waals surface area (Å²) in [7, 11) is -2.12. The molecule has 3 rings (SSSR count). The average Bonchev–Trinajstić information content (AvgIpc) is 2.79. The van der Waals surface area contributed by atoms with E-state index in [4.69, 9.17) is 9.47 Å². The smallest absolute Gasteiger partial charge is 0.258 e. The molecule has 31 heavy (non-hydrogen) atoms. The summed E-state index contributed by atoms with van der Waals surface area (Å²) in [6, 6.07) is 21.0. The lowest BCUT2D eigenvalue weighted by Gasteiger charge is -2.10. The number of carbonyl (C=O) groups is 1. The van der Waals surface area contributed by atoms with Crippen molar-refractivity contribution in [2.24, 2.45) is 0 Å². The van der Waals surface area contributed by atoms with E-state index in [1.807, 2.05) is 31.2 Å². The zero-order chi connectivity index (χ0) is 22.3. The maximum Gasteiger partial charge on any atom is 0.258 e. The number of rotatable bonds is 9. The van der Waals surface area contributed by atoms with Gasteiger partial charge in [0.05, 0.1) is 4.90 Å². The molecular formula is C23H24N2O5S. The van der Waals surface area contributed by atoms with Gasteiger partial charge >= 0.3 is 0 Å². The Morgan fingerprint density at radius 2 is 1.39 bits per heavy atom. The van der Waals surface area contributed by atoms with Gasteiger partial charge in [0, 0.05) is 6.54 Å². The minimum atomic E-state index is -3.47. The normalized spacial score (nSPS) is 11.0. The first-order chi connectivity index (χ1) is 14.9. The number of sulfonamides is 1. The minimum absolute atomic E-state index is 0.135. The average molecular weight is 441 g/mol. The molecule has 162 valence electrons. The first kappa shape index (κ1) is 22.3. The van der Waals surface area contributed by atoms with Crippen molar-refractivity contribution in [3.05, 3.63) is 83.9 Å². The Morgan fingerprint density at radius 1 is 0.839 bits per heavy atom. The predicted octanol–water partition coefficient (Wildman–Crippen LogP) is 3.39. The van der Waals surface area contributed by atoms with Crippen LogP contribution in [0.15, 0.2) is 77.7 Å². The second-order valence-electron chi connectivity index (χ2n) is 6.80. The molecule has 0 aliphatic carbocycles. The standard InChI is InChI=1S/C23H24N2O5S/c1-17-3-7-20(8-4-17)30-21-11-9-19(10-12-21)29-16-23(26)25-15-18-5-13-22(14-6-18)31(27,28)24-2/h3-14,24H,15-16H2,1-2H3,(H,25,26). The summed E-state index contributed by atoms with van der Waals surface area (Å²) in [4.78, 5) is 12.2. The van der Waals surface area contributed by atoms with Crippen LogP contribution in [0, 0.1) is 6.92 Å². The highest BCUT2D eigenvalue weighted by molar-refractivity contribution is 7.89. The lowest BCUT2D eigenvalue weighted by Crippen LogP contribution is -2.28. The van der Waals surface area contributed by atoms with E-state index in [1.54, 1.807) is 36.4 Å². The Kier molecular flexibility index (Phi) is 7.28. The zero-order valence-electron chi connectivity index (χ0n) is 17.3. The van der Waals surface area contributed by atoms with Gasteiger partial charge in [0.15, 0.2) is 6.61 Å². The summed E-state index contributed by atoms with van der Waals surface area (Å²) in [5.74, 6) is 1.68. The maximum atomic E-state index is 12.0. The molecular weight excluding hydrogens is 416 g/mol. The molecule has 0 spiro atoms. The monoisotopic (exact) mass is 440 g/mol. The molecule has 0 atom stereocenters. The molecule has 0 aliphatic heterocycles. The molecule has 0 radical (unpaired) electrons. The lowest BCUT2D eigenvalue weighted by atomic mass is 10.2. The maximum absolute atomic E-state index is 12.0. The van der Waals surface area contributed by atoms with Crippen LogP contribution in [0.25, 0.3) is 0 Å². The van der Waals surface area contributed by atoms with Gasteiger partial charge in [0.25, 0.3) is 5.91 Å². The third-order valence-corrected chi connectivity index (χ3v) is 5.87. The molecule has 0 bridgehead atoms. The summed E-state index contributed by atoms with van der Waals surface area (Å²) in [6.07, 6.45) is 0. The van der Waals surface area contributed by atoms with Gasteiger partial charge in [-0.3, -0.25) is 4.79 Å². The molecule has 0 fully saturated rings. The van der Waals surface area contributed by atoms with Crippen molar-refractivity contribution in [1.82, 2.24) is 10.0 Å². The van der Waals surface area contributed by atoms with E-state index in [-0.39, 0.29) is 24.0 Å². The Balaban J connectivity index is 1.44. The van der Waals surface area contributed by atoms with Gasteiger partial charge in [-0.15, -0.1) is 0 Å². The van der Waals surface area contributed by atoms with Crippen LogP contribution < -0.4 is 19.5 Å². The van der Waals surface area contributed by atoms with Crippen molar-refractivity contribution >= 4 is 15.9 Å². The van der Waals surface area contributed by atoms with E-state index in [2.05, 4.69) is 10.0 Å². The molecule has 2 N–H and O–H groups in total. The van der Waals surface area contributed by atoms with Crippen LogP contribution in [0.5, 0.6) is 17.2 Å². The second kappa shape index (κ2) is 10.1. The minimum Gasteiger partial charge on any atom is -0.484 e. The van der Waals surface area contributed by atoms with Crippen LogP contribution in [0.4, 0.5) is 0 Å². The van der Waals surface area contributed by atoms with Crippen molar-refractivity contribution < 1.29 is 22.7 Å². The van der Waals surface area contributed by atoms with Crippen molar-refractivity contribution in [2.45, 2.75) is 18.4 Å². The number of amides is 1. The molecule has 0 aliphatic rings. The SMILES string of the molecule is CNS(=O)(=O)c1ccc(CNC(=O)COc2ccc(Oc3ccc(C)cc3)cc2)cc1. The van der Waals surface area contributed by atoms with Crippen molar-refractivity contribution in [3.8, 4) is 17.2 Å². The first-order valence-corrected chi connectivity index (χ1v) is 11.1. The van der Waals surface area contributed by atoms with Crippen molar-refractivity contribution in [3.63, 3.8) is 0 Å². The summed E-state index contributed by atoms with van der Waals surface area (Å²) in [6.45, 7) is 2.15. The van der Waals surface area contributed by atoms with E-state index in [0.29, 0.717) is 11.5 Å². The highest BCUT2D eigenvalue weighted by Gasteiger charge is 2.10. The van der Waals surface area contributed by atoms with Crippen LogP contribution in [-0.4, -0.2) is 28.0 Å². The molecule has 8 heteroatoms. The largest absolute Gasteiger partial charge is 0.484 e. The number of hydrogen-bond acceptors (Lipinski definition) is 5. The van der Waals surface area contributed by atoms with Crippen LogP contribution in [-0.2, 0) is 21.4 Å². The fourth-order valence-corrected chi connectivity index (χ4v) is 3.38. The van der Waals surface area contributed by atoms with Crippen molar-refractivity contribution in [1.29, 1.82) is 0 Å². The van der Waals surface area contributed by atoms with Gasteiger partial charge in [-0.05, 0) is 68.1 Å². The number of aryl methyl sites for hydroxylation is 1. The Hall–Kier alpha value is -3.36. The molecule has 0 aromatic heterocycles. The highest BCUT2D eigenvalue weighted by atomic mass is 32.2. The third kappa shape index (κ3) is 6.56. The van der Waals surface area contributed by atoms with Crippen LogP contribution >= 0.6 is 0 Å². The van der Waals surface area contributed by atoms with Crippen LogP contribution in [0.1, 0.15) is 11.1 Å². The highest BCUT2D eigenvalue weighted by Crippen LogP contribution is 2.24. The third-order valence-electron chi connectivity index (χ3n) is 4.44. The number of hydrogen-bond donors (Lipinski definition) is 2. The van der Waals surface area contributed by atoms with Gasteiger partial charge in [0.1, 0.15) is 17.2 Å². The zero-order valence-corrected chi connectivity index (χ0v) is 18.1. The molecule has 3 aromatic rings. The first-order valence-electron chi connectivity index (χ1n) is 9.62.